The number of anilines is 1. The van der Waals surface area contributed by atoms with E-state index in [9.17, 15) is 13.2 Å². The molecule has 0 radical (unpaired) electrons. The first-order valence-corrected chi connectivity index (χ1v) is 13.5. The molecule has 182 valence electrons. The Morgan fingerprint density at radius 3 is 2.29 bits per heavy atom. The fraction of sp³-hybridized carbons (Fsp3) is 0.231. The fourth-order valence-electron chi connectivity index (χ4n) is 3.79. The number of nitrogens with one attached hydrogen (secondary N) is 1. The third kappa shape index (κ3) is 5.47. The van der Waals surface area contributed by atoms with Crippen molar-refractivity contribution in [3.8, 4) is 11.5 Å². The zero-order valence-electron chi connectivity index (χ0n) is 19.6. The summed E-state index contributed by atoms with van der Waals surface area (Å²) in [6.45, 7) is 1.61. The molecule has 1 heterocycles. The summed E-state index contributed by atoms with van der Waals surface area (Å²) in [6.07, 6.45) is 0.457. The number of benzene rings is 3. The van der Waals surface area contributed by atoms with Gasteiger partial charge in [-0.25, -0.2) is 13.4 Å². The standard InChI is InChI=1S/C26H26N2O5S2/c1-4-35(30,31)19-12-10-18(11-13-19)20(14-17-8-6-5-7-9-17)25(29)28-26-27-21-15-22(32-2)23(33-3)16-24(21)34-26/h5-13,15-16,20H,4,14H2,1-3H3,(H,27,28,29). The fourth-order valence-corrected chi connectivity index (χ4v) is 5.55. The predicted molar refractivity (Wildman–Crippen MR) is 138 cm³/mol. The molecule has 0 aliphatic carbocycles. The van der Waals surface area contributed by atoms with Gasteiger partial charge in [0.25, 0.3) is 0 Å². The topological polar surface area (TPSA) is 94.6 Å². The average Bonchev–Trinajstić information content (AvgIpc) is 3.27. The molecule has 0 saturated heterocycles. The minimum atomic E-state index is -3.32. The first-order valence-electron chi connectivity index (χ1n) is 11.0. The Morgan fingerprint density at radius 2 is 1.66 bits per heavy atom. The highest BCUT2D eigenvalue weighted by atomic mass is 32.2. The number of amides is 1. The van der Waals surface area contributed by atoms with Crippen LogP contribution in [0.15, 0.2) is 71.6 Å². The van der Waals surface area contributed by atoms with Crippen LogP contribution in [0, 0.1) is 0 Å². The summed E-state index contributed by atoms with van der Waals surface area (Å²) in [6, 6.07) is 19.9. The molecule has 35 heavy (non-hydrogen) atoms. The molecule has 4 rings (SSSR count). The monoisotopic (exact) mass is 510 g/mol. The van der Waals surface area contributed by atoms with Crippen molar-refractivity contribution in [3.05, 3.63) is 77.9 Å². The van der Waals surface area contributed by atoms with E-state index in [1.807, 2.05) is 36.4 Å². The van der Waals surface area contributed by atoms with Crippen LogP contribution in [0.1, 0.15) is 24.0 Å². The highest BCUT2D eigenvalue weighted by Gasteiger charge is 2.24. The summed E-state index contributed by atoms with van der Waals surface area (Å²) in [4.78, 5) is 18.3. The molecule has 0 fully saturated rings. The van der Waals surface area contributed by atoms with Crippen LogP contribution in [0.2, 0.25) is 0 Å². The smallest absolute Gasteiger partial charge is 0.234 e. The van der Waals surface area contributed by atoms with Gasteiger partial charge in [0.15, 0.2) is 26.5 Å². The number of rotatable bonds is 9. The Labute approximate surface area is 208 Å². The lowest BCUT2D eigenvalue weighted by Crippen LogP contribution is -2.23. The number of hydrogen-bond acceptors (Lipinski definition) is 7. The maximum Gasteiger partial charge on any atom is 0.234 e. The molecule has 0 aliphatic rings. The van der Waals surface area contributed by atoms with Crippen LogP contribution in [0.3, 0.4) is 0 Å². The molecule has 9 heteroatoms. The van der Waals surface area contributed by atoms with Crippen LogP contribution >= 0.6 is 11.3 Å². The number of ether oxygens (including phenoxy) is 2. The van der Waals surface area contributed by atoms with Crippen molar-refractivity contribution in [3.63, 3.8) is 0 Å². The van der Waals surface area contributed by atoms with E-state index in [1.54, 1.807) is 51.5 Å². The quantitative estimate of drug-likeness (QED) is 0.338. The van der Waals surface area contributed by atoms with Gasteiger partial charge in [-0.15, -0.1) is 0 Å². The third-order valence-electron chi connectivity index (χ3n) is 5.74. The molecule has 7 nitrogen and oxygen atoms in total. The van der Waals surface area contributed by atoms with Crippen LogP contribution in [0.25, 0.3) is 10.2 Å². The minimum absolute atomic E-state index is 0.0213. The number of carbonyl (C=O) groups is 1. The van der Waals surface area contributed by atoms with Gasteiger partial charge in [-0.05, 0) is 29.7 Å². The average molecular weight is 511 g/mol. The molecule has 0 saturated carbocycles. The highest BCUT2D eigenvalue weighted by molar-refractivity contribution is 7.91. The first kappa shape index (κ1) is 24.7. The van der Waals surface area contributed by atoms with E-state index in [4.69, 9.17) is 9.47 Å². The van der Waals surface area contributed by atoms with E-state index in [-0.39, 0.29) is 16.6 Å². The minimum Gasteiger partial charge on any atom is -0.493 e. The molecule has 0 aliphatic heterocycles. The van der Waals surface area contributed by atoms with Crippen molar-refractivity contribution in [2.24, 2.45) is 0 Å². The van der Waals surface area contributed by atoms with E-state index in [1.165, 1.54) is 11.3 Å². The maximum atomic E-state index is 13.5. The van der Waals surface area contributed by atoms with Crippen LogP contribution in [0.4, 0.5) is 5.13 Å². The number of sulfone groups is 1. The predicted octanol–water partition coefficient (Wildman–Crippen LogP) is 5.07. The molecule has 1 N–H and O–H groups in total. The van der Waals surface area contributed by atoms with Crippen LogP contribution in [0.5, 0.6) is 11.5 Å². The second-order valence-corrected chi connectivity index (χ2v) is 11.2. The van der Waals surface area contributed by atoms with Crippen molar-refractivity contribution >= 4 is 42.4 Å². The number of aromatic nitrogens is 1. The zero-order valence-corrected chi connectivity index (χ0v) is 21.3. The Kier molecular flexibility index (Phi) is 7.37. The van der Waals surface area contributed by atoms with Gasteiger partial charge in [0.2, 0.25) is 5.91 Å². The van der Waals surface area contributed by atoms with E-state index < -0.39 is 15.8 Å². The van der Waals surface area contributed by atoms with Crippen molar-refractivity contribution in [2.45, 2.75) is 24.2 Å². The van der Waals surface area contributed by atoms with Crippen molar-refractivity contribution < 1.29 is 22.7 Å². The molecule has 1 unspecified atom stereocenters. The molecular formula is C26H26N2O5S2. The zero-order chi connectivity index (χ0) is 25.0. The molecule has 4 aromatic rings. The lowest BCUT2D eigenvalue weighted by molar-refractivity contribution is -0.117. The maximum absolute atomic E-state index is 13.5. The van der Waals surface area contributed by atoms with Crippen molar-refractivity contribution in [1.82, 2.24) is 4.98 Å². The summed E-state index contributed by atoms with van der Waals surface area (Å²) in [5.41, 5.74) is 2.42. The molecule has 1 atom stereocenters. The van der Waals surface area contributed by atoms with Crippen LogP contribution in [-0.2, 0) is 21.1 Å². The molecule has 0 bridgehead atoms. The number of fused-ring (bicyclic) bond motifs is 1. The summed E-state index contributed by atoms with van der Waals surface area (Å²) in [7, 11) is -0.197. The van der Waals surface area contributed by atoms with Crippen molar-refractivity contribution in [1.29, 1.82) is 0 Å². The normalized spacial score (nSPS) is 12.3. The number of methoxy groups -OCH3 is 2. The van der Waals surface area contributed by atoms with Gasteiger partial charge in [-0.2, -0.15) is 0 Å². The third-order valence-corrected chi connectivity index (χ3v) is 8.43. The summed E-state index contributed by atoms with van der Waals surface area (Å²) < 4.78 is 36.0. The Bertz CT molecular complexity index is 1390. The van der Waals surface area contributed by atoms with Gasteiger partial charge in [-0.3, -0.25) is 4.79 Å². The van der Waals surface area contributed by atoms with E-state index >= 15 is 0 Å². The Morgan fingerprint density at radius 1 is 1.00 bits per heavy atom. The van der Waals surface area contributed by atoms with E-state index in [0.29, 0.717) is 28.6 Å². The lowest BCUT2D eigenvalue weighted by atomic mass is 9.91. The number of hydrogen-bond donors (Lipinski definition) is 1. The molecule has 3 aromatic carbocycles. The summed E-state index contributed by atoms with van der Waals surface area (Å²) in [5, 5.41) is 3.41. The SMILES string of the molecule is CCS(=O)(=O)c1ccc(C(Cc2ccccc2)C(=O)Nc2nc3cc(OC)c(OC)cc3s2)cc1. The van der Waals surface area contributed by atoms with Crippen LogP contribution in [-0.4, -0.2) is 39.3 Å². The summed E-state index contributed by atoms with van der Waals surface area (Å²) in [5.74, 6) is 0.413. The largest absolute Gasteiger partial charge is 0.493 e. The van der Waals surface area contributed by atoms with Gasteiger partial charge in [0.05, 0.1) is 41.0 Å². The number of thiazole rings is 1. The molecular weight excluding hydrogens is 484 g/mol. The molecule has 1 amide bonds. The number of carbonyl (C=O) groups excluding carboxylic acids is 1. The highest BCUT2D eigenvalue weighted by Crippen LogP contribution is 2.36. The first-order chi connectivity index (χ1) is 16.8. The second-order valence-electron chi connectivity index (χ2n) is 7.90. The van der Waals surface area contributed by atoms with E-state index in [0.717, 1.165) is 15.8 Å². The van der Waals surface area contributed by atoms with Gasteiger partial charge >= 0.3 is 0 Å². The Hall–Kier alpha value is -3.43. The van der Waals surface area contributed by atoms with Crippen LogP contribution < -0.4 is 14.8 Å². The Balaban J connectivity index is 1.65. The second kappa shape index (κ2) is 10.5. The molecule has 0 spiro atoms. The van der Waals surface area contributed by atoms with E-state index in [2.05, 4.69) is 10.3 Å². The van der Waals surface area contributed by atoms with Gasteiger partial charge in [0.1, 0.15) is 0 Å². The van der Waals surface area contributed by atoms with Gasteiger partial charge in [0, 0.05) is 12.1 Å². The van der Waals surface area contributed by atoms with Crippen molar-refractivity contribution in [2.75, 3.05) is 25.3 Å². The lowest BCUT2D eigenvalue weighted by Gasteiger charge is -2.17. The van der Waals surface area contributed by atoms with Gasteiger partial charge < -0.3 is 14.8 Å². The van der Waals surface area contributed by atoms with Gasteiger partial charge in [-0.1, -0.05) is 60.7 Å². The molecule has 1 aromatic heterocycles. The summed E-state index contributed by atoms with van der Waals surface area (Å²) >= 11 is 1.34. The number of nitrogens with zero attached hydrogens (tertiary/aromatic N) is 1.